The summed E-state index contributed by atoms with van der Waals surface area (Å²) < 4.78 is 3.33. The van der Waals surface area contributed by atoms with Gasteiger partial charge < -0.3 is 4.90 Å². The fourth-order valence-electron chi connectivity index (χ4n) is 3.81. The van der Waals surface area contributed by atoms with Gasteiger partial charge in [-0.1, -0.05) is 19.3 Å². The molecule has 2 aromatic heterocycles. The van der Waals surface area contributed by atoms with Crippen LogP contribution in [0.15, 0.2) is 23.3 Å². The van der Waals surface area contributed by atoms with Crippen LogP contribution < -0.4 is 10.5 Å². The first kappa shape index (κ1) is 16.1. The molecule has 5 nitrogen and oxygen atoms in total. The number of nitrogens with zero attached hydrogens (tertiary/aromatic N) is 4. The minimum absolute atomic E-state index is 0.0340. The third-order valence-corrected chi connectivity index (χ3v) is 6.30. The second-order valence-corrected chi connectivity index (χ2v) is 7.89. The third-order valence-electron chi connectivity index (χ3n) is 5.10. The van der Waals surface area contributed by atoms with Gasteiger partial charge in [0.25, 0.3) is 5.56 Å². The average molecular weight is 352 g/mol. The highest BCUT2D eigenvalue weighted by molar-refractivity contribution is 7.26. The van der Waals surface area contributed by atoms with E-state index in [-0.39, 0.29) is 11.6 Å². The van der Waals surface area contributed by atoms with Crippen molar-refractivity contribution < 1.29 is 0 Å². The molecule has 0 unspecified atom stereocenters. The summed E-state index contributed by atoms with van der Waals surface area (Å²) in [7, 11) is 3.93. The number of hydrogen-bond acceptors (Lipinski definition) is 5. The van der Waals surface area contributed by atoms with Gasteiger partial charge in [-0.05, 0) is 25.0 Å². The van der Waals surface area contributed by atoms with E-state index >= 15 is 0 Å². The Labute approximate surface area is 150 Å². The van der Waals surface area contributed by atoms with Crippen LogP contribution in [-0.4, -0.2) is 23.6 Å². The highest BCUT2D eigenvalue weighted by Crippen LogP contribution is 2.39. The summed E-state index contributed by atoms with van der Waals surface area (Å²) in [5.74, 6) is 0. The van der Waals surface area contributed by atoms with Crippen molar-refractivity contribution >= 4 is 37.3 Å². The van der Waals surface area contributed by atoms with Crippen molar-refractivity contribution in [3.8, 4) is 6.07 Å². The first-order valence-corrected chi connectivity index (χ1v) is 9.47. The fraction of sp³-hybridized carbons (Fsp3) is 0.421. The molecule has 0 radical (unpaired) electrons. The second kappa shape index (κ2) is 6.16. The van der Waals surface area contributed by atoms with Crippen LogP contribution in [0.3, 0.4) is 0 Å². The number of nitriles is 1. The van der Waals surface area contributed by atoms with Crippen molar-refractivity contribution in [2.24, 2.45) is 0 Å². The minimum atomic E-state index is 0.0340. The monoisotopic (exact) mass is 352 g/mol. The van der Waals surface area contributed by atoms with Crippen molar-refractivity contribution in [3.63, 3.8) is 0 Å². The zero-order valence-corrected chi connectivity index (χ0v) is 15.3. The molecule has 0 spiro atoms. The number of thiophene rings is 1. The predicted molar refractivity (Wildman–Crippen MR) is 103 cm³/mol. The van der Waals surface area contributed by atoms with Gasteiger partial charge in [-0.15, -0.1) is 11.3 Å². The quantitative estimate of drug-likeness (QED) is 0.698. The molecular weight excluding hydrogens is 332 g/mol. The molecule has 0 atom stereocenters. The lowest BCUT2D eigenvalue weighted by Gasteiger charge is -2.23. The molecule has 128 valence electrons. The molecule has 0 amide bonds. The van der Waals surface area contributed by atoms with Crippen LogP contribution in [0.5, 0.6) is 0 Å². The van der Waals surface area contributed by atoms with Gasteiger partial charge in [-0.25, -0.2) is 4.98 Å². The van der Waals surface area contributed by atoms with Gasteiger partial charge in [0, 0.05) is 31.2 Å². The molecule has 2 heterocycles. The van der Waals surface area contributed by atoms with E-state index in [1.54, 1.807) is 6.33 Å². The summed E-state index contributed by atoms with van der Waals surface area (Å²) >= 11 is 1.40. The van der Waals surface area contributed by atoms with Crippen molar-refractivity contribution in [2.75, 3.05) is 19.0 Å². The van der Waals surface area contributed by atoms with Gasteiger partial charge in [0.1, 0.15) is 10.8 Å². The van der Waals surface area contributed by atoms with Crippen LogP contribution in [0.25, 0.3) is 20.3 Å². The molecule has 0 saturated heterocycles. The summed E-state index contributed by atoms with van der Waals surface area (Å²) in [6.45, 7) is 0. The van der Waals surface area contributed by atoms with Crippen LogP contribution in [0.1, 0.15) is 43.7 Å². The predicted octanol–water partition coefficient (Wildman–Crippen LogP) is 4.05. The van der Waals surface area contributed by atoms with Crippen molar-refractivity contribution in [3.05, 3.63) is 34.4 Å². The van der Waals surface area contributed by atoms with E-state index in [9.17, 15) is 10.1 Å². The highest BCUT2D eigenvalue weighted by atomic mass is 32.1. The Hall–Kier alpha value is -2.39. The number of fused-ring (bicyclic) bond motifs is 3. The second-order valence-electron chi connectivity index (χ2n) is 6.87. The molecule has 1 aliphatic rings. The smallest absolute Gasteiger partial charge is 0.271 e. The zero-order chi connectivity index (χ0) is 17.6. The molecule has 1 saturated carbocycles. The maximum absolute atomic E-state index is 13.1. The number of hydrogen-bond donors (Lipinski definition) is 0. The lowest BCUT2D eigenvalue weighted by molar-refractivity contribution is 0.345. The highest BCUT2D eigenvalue weighted by Gasteiger charge is 2.21. The molecule has 0 N–H and O–H groups in total. The summed E-state index contributed by atoms with van der Waals surface area (Å²) in [5, 5.41) is 10.4. The number of rotatable bonds is 2. The minimum Gasteiger partial charge on any atom is -0.377 e. The van der Waals surface area contributed by atoms with Gasteiger partial charge in [-0.2, -0.15) is 5.26 Å². The van der Waals surface area contributed by atoms with E-state index in [2.05, 4.69) is 11.1 Å². The molecule has 0 bridgehead atoms. The van der Waals surface area contributed by atoms with Crippen LogP contribution >= 0.6 is 11.3 Å². The van der Waals surface area contributed by atoms with Crippen molar-refractivity contribution in [2.45, 2.75) is 38.1 Å². The molecule has 4 rings (SSSR count). The normalized spacial score (nSPS) is 15.6. The Bertz CT molecular complexity index is 1050. The van der Waals surface area contributed by atoms with Gasteiger partial charge in [0.15, 0.2) is 0 Å². The summed E-state index contributed by atoms with van der Waals surface area (Å²) in [4.78, 5) is 19.8. The molecule has 1 fully saturated rings. The van der Waals surface area contributed by atoms with Gasteiger partial charge in [-0.3, -0.25) is 9.36 Å². The van der Waals surface area contributed by atoms with E-state index in [4.69, 9.17) is 0 Å². The summed E-state index contributed by atoms with van der Waals surface area (Å²) in [5.41, 5.74) is 2.35. The number of aromatic nitrogens is 2. The lowest BCUT2D eigenvalue weighted by atomic mass is 9.95. The Morgan fingerprint density at radius 1 is 1.24 bits per heavy atom. The Morgan fingerprint density at radius 3 is 2.68 bits per heavy atom. The van der Waals surface area contributed by atoms with E-state index in [1.165, 1.54) is 30.6 Å². The third kappa shape index (κ3) is 2.50. The topological polar surface area (TPSA) is 61.9 Å². The summed E-state index contributed by atoms with van der Waals surface area (Å²) in [6.07, 6.45) is 7.40. The average Bonchev–Trinajstić information content (AvgIpc) is 3.02. The molecule has 3 aromatic rings. The Kier molecular flexibility index (Phi) is 3.97. The van der Waals surface area contributed by atoms with E-state index in [0.29, 0.717) is 10.3 Å². The molecule has 25 heavy (non-hydrogen) atoms. The van der Waals surface area contributed by atoms with E-state index in [0.717, 1.165) is 34.1 Å². The van der Waals surface area contributed by atoms with Crippen LogP contribution in [0.4, 0.5) is 5.69 Å². The fourth-order valence-corrected chi connectivity index (χ4v) is 4.98. The van der Waals surface area contributed by atoms with E-state index < -0.39 is 0 Å². The van der Waals surface area contributed by atoms with Crippen LogP contribution in [0.2, 0.25) is 0 Å². The molecular formula is C19H20N4OS. The largest absolute Gasteiger partial charge is 0.377 e. The van der Waals surface area contributed by atoms with Gasteiger partial charge >= 0.3 is 0 Å². The summed E-state index contributed by atoms with van der Waals surface area (Å²) in [6, 6.07) is 6.26. The first-order valence-electron chi connectivity index (χ1n) is 8.65. The standard InChI is InChI=1S/C19H20N4OS/c1-22(2)14-9-8-12(10-20)17-15(14)16-18(25-17)19(24)23(11-21-16)13-6-4-3-5-7-13/h8-9,11,13H,3-7H2,1-2H3. The molecule has 1 aromatic carbocycles. The molecule has 1 aliphatic carbocycles. The van der Waals surface area contributed by atoms with Crippen molar-refractivity contribution in [1.29, 1.82) is 5.26 Å². The molecule has 6 heteroatoms. The zero-order valence-electron chi connectivity index (χ0n) is 14.5. The van der Waals surface area contributed by atoms with Gasteiger partial charge in [0.2, 0.25) is 0 Å². The lowest BCUT2D eigenvalue weighted by Crippen LogP contribution is -2.26. The van der Waals surface area contributed by atoms with Crippen LogP contribution in [-0.2, 0) is 0 Å². The first-order chi connectivity index (χ1) is 12.1. The Balaban J connectivity index is 2.02. The Morgan fingerprint density at radius 2 is 2.00 bits per heavy atom. The maximum Gasteiger partial charge on any atom is 0.271 e. The molecule has 0 aliphatic heterocycles. The SMILES string of the molecule is CN(C)c1ccc(C#N)c2sc3c(=O)n(C4CCCCC4)cnc3c12. The number of benzene rings is 1. The number of anilines is 1. The van der Waals surface area contributed by atoms with Gasteiger partial charge in [0.05, 0.1) is 22.1 Å². The van der Waals surface area contributed by atoms with E-state index in [1.807, 2.05) is 35.7 Å². The van der Waals surface area contributed by atoms with Crippen LogP contribution in [0, 0.1) is 11.3 Å². The maximum atomic E-state index is 13.1. The van der Waals surface area contributed by atoms with Crippen molar-refractivity contribution in [1.82, 2.24) is 9.55 Å².